The minimum atomic E-state index is 0.560. The minimum absolute atomic E-state index is 0.560. The van der Waals surface area contributed by atoms with E-state index in [0.29, 0.717) is 10.9 Å². The molecule has 0 aliphatic carbocycles. The van der Waals surface area contributed by atoms with Crippen molar-refractivity contribution in [2.45, 2.75) is 0 Å². The fourth-order valence-electron chi connectivity index (χ4n) is 0.250. The predicted octanol–water partition coefficient (Wildman–Crippen LogP) is 0.511. The number of hydrogen-bond acceptors (Lipinski definition) is 1. The molecular formula is C5H13OS+. The van der Waals surface area contributed by atoms with Gasteiger partial charge in [-0.05, 0) is 10.9 Å². The highest BCUT2D eigenvalue weighted by Gasteiger charge is 1.97. The lowest BCUT2D eigenvalue weighted by Gasteiger charge is -1.92. The molecule has 0 rings (SSSR count). The van der Waals surface area contributed by atoms with Gasteiger partial charge in [-0.1, -0.05) is 0 Å². The van der Waals surface area contributed by atoms with E-state index in [1.807, 2.05) is 0 Å². The second-order valence-electron chi connectivity index (χ2n) is 1.68. The maximum Gasteiger partial charge on any atom is 0.130 e. The lowest BCUT2D eigenvalue weighted by molar-refractivity contribution is 0.218. The van der Waals surface area contributed by atoms with Gasteiger partial charge < -0.3 is 4.74 Å². The molecule has 0 heterocycles. The van der Waals surface area contributed by atoms with Gasteiger partial charge in [0.2, 0.25) is 0 Å². The van der Waals surface area contributed by atoms with Crippen molar-refractivity contribution < 1.29 is 4.74 Å². The average Bonchev–Trinajstić information content (AvgIpc) is 1.61. The van der Waals surface area contributed by atoms with Crippen molar-refractivity contribution in [3.63, 3.8) is 0 Å². The summed E-state index contributed by atoms with van der Waals surface area (Å²) in [7, 11) is 2.30. The van der Waals surface area contributed by atoms with Crippen LogP contribution >= 0.6 is 0 Å². The third-order valence-electron chi connectivity index (χ3n) is 0.696. The SMILES string of the molecule is COCC[S+](C)C. The van der Waals surface area contributed by atoms with Crippen molar-refractivity contribution >= 4 is 10.9 Å². The van der Waals surface area contributed by atoms with Crippen LogP contribution in [0.4, 0.5) is 0 Å². The first-order valence-electron chi connectivity index (χ1n) is 2.30. The first-order valence-corrected chi connectivity index (χ1v) is 4.51. The van der Waals surface area contributed by atoms with Crippen molar-refractivity contribution in [2.75, 3.05) is 32.0 Å². The van der Waals surface area contributed by atoms with Gasteiger partial charge in [0.15, 0.2) is 0 Å². The quantitative estimate of drug-likeness (QED) is 0.494. The monoisotopic (exact) mass is 121 g/mol. The van der Waals surface area contributed by atoms with Crippen LogP contribution in [0.25, 0.3) is 0 Å². The van der Waals surface area contributed by atoms with Crippen LogP contribution in [0.2, 0.25) is 0 Å². The molecule has 0 aliphatic rings. The number of rotatable bonds is 3. The van der Waals surface area contributed by atoms with Crippen molar-refractivity contribution in [1.82, 2.24) is 0 Å². The zero-order valence-electron chi connectivity index (χ0n) is 5.23. The molecule has 1 nitrogen and oxygen atoms in total. The highest BCUT2D eigenvalue weighted by molar-refractivity contribution is 7.95. The lowest BCUT2D eigenvalue weighted by Crippen LogP contribution is -2.06. The van der Waals surface area contributed by atoms with Gasteiger partial charge in [-0.15, -0.1) is 0 Å². The van der Waals surface area contributed by atoms with E-state index in [1.54, 1.807) is 7.11 Å². The van der Waals surface area contributed by atoms with Crippen molar-refractivity contribution in [2.24, 2.45) is 0 Å². The molecule has 0 aromatic rings. The van der Waals surface area contributed by atoms with Crippen LogP contribution in [0.5, 0.6) is 0 Å². The van der Waals surface area contributed by atoms with E-state index in [2.05, 4.69) is 12.5 Å². The van der Waals surface area contributed by atoms with E-state index < -0.39 is 0 Å². The van der Waals surface area contributed by atoms with Crippen molar-refractivity contribution in [3.8, 4) is 0 Å². The summed E-state index contributed by atoms with van der Waals surface area (Å²) in [5, 5.41) is 0. The second-order valence-corrected chi connectivity index (χ2v) is 4.06. The molecule has 0 radical (unpaired) electrons. The summed E-state index contributed by atoms with van der Waals surface area (Å²) in [6, 6.07) is 0. The Morgan fingerprint density at radius 3 is 2.14 bits per heavy atom. The number of hydrogen-bond donors (Lipinski definition) is 0. The van der Waals surface area contributed by atoms with Crippen LogP contribution in [-0.4, -0.2) is 32.0 Å². The molecule has 0 fully saturated rings. The van der Waals surface area contributed by atoms with Crippen LogP contribution < -0.4 is 0 Å². The summed E-state index contributed by atoms with van der Waals surface area (Å²) in [6.45, 7) is 0.913. The smallest absolute Gasteiger partial charge is 0.130 e. The summed E-state index contributed by atoms with van der Waals surface area (Å²) < 4.78 is 4.86. The normalized spacial score (nSPS) is 10.3. The van der Waals surface area contributed by atoms with E-state index >= 15 is 0 Å². The number of methoxy groups -OCH3 is 1. The second kappa shape index (κ2) is 4.47. The summed E-state index contributed by atoms with van der Waals surface area (Å²) >= 11 is 0. The molecule has 0 bridgehead atoms. The zero-order chi connectivity index (χ0) is 5.70. The van der Waals surface area contributed by atoms with Crippen LogP contribution in [0.15, 0.2) is 0 Å². The third kappa shape index (κ3) is 6.31. The molecule has 0 saturated carbocycles. The van der Waals surface area contributed by atoms with Gasteiger partial charge in [-0.2, -0.15) is 0 Å². The largest absolute Gasteiger partial charge is 0.380 e. The molecule has 7 heavy (non-hydrogen) atoms. The van der Waals surface area contributed by atoms with Crippen LogP contribution in [0.3, 0.4) is 0 Å². The predicted molar refractivity (Wildman–Crippen MR) is 36.0 cm³/mol. The van der Waals surface area contributed by atoms with E-state index in [0.717, 1.165) is 6.61 Å². The highest BCUT2D eigenvalue weighted by atomic mass is 32.2. The fourth-order valence-corrected chi connectivity index (χ4v) is 0.750. The molecule has 0 spiro atoms. The Bertz CT molecular complexity index is 37.1. The molecule has 0 unspecified atom stereocenters. The lowest BCUT2D eigenvalue weighted by atomic mass is 10.9. The van der Waals surface area contributed by atoms with Crippen LogP contribution in [-0.2, 0) is 15.6 Å². The topological polar surface area (TPSA) is 9.23 Å². The fraction of sp³-hybridized carbons (Fsp3) is 1.00. The zero-order valence-corrected chi connectivity index (χ0v) is 6.05. The summed E-state index contributed by atoms with van der Waals surface area (Å²) in [5.41, 5.74) is 0. The van der Waals surface area contributed by atoms with Crippen molar-refractivity contribution in [3.05, 3.63) is 0 Å². The molecule has 0 atom stereocenters. The van der Waals surface area contributed by atoms with E-state index in [4.69, 9.17) is 4.74 Å². The van der Waals surface area contributed by atoms with Gasteiger partial charge in [0.1, 0.15) is 5.75 Å². The van der Waals surface area contributed by atoms with Gasteiger partial charge in [0.05, 0.1) is 19.1 Å². The van der Waals surface area contributed by atoms with Crippen LogP contribution in [0.1, 0.15) is 0 Å². The van der Waals surface area contributed by atoms with E-state index in [-0.39, 0.29) is 0 Å². The van der Waals surface area contributed by atoms with Gasteiger partial charge >= 0.3 is 0 Å². The molecule has 0 aromatic carbocycles. The number of ether oxygens (including phenoxy) is 1. The maximum absolute atomic E-state index is 4.86. The molecular weight excluding hydrogens is 108 g/mol. The van der Waals surface area contributed by atoms with E-state index in [9.17, 15) is 0 Å². The van der Waals surface area contributed by atoms with Gasteiger partial charge in [-0.25, -0.2) is 0 Å². The van der Waals surface area contributed by atoms with Gasteiger partial charge in [-0.3, -0.25) is 0 Å². The van der Waals surface area contributed by atoms with Crippen molar-refractivity contribution in [1.29, 1.82) is 0 Å². The molecule has 2 heteroatoms. The Morgan fingerprint density at radius 2 is 2.00 bits per heavy atom. The summed E-state index contributed by atoms with van der Waals surface area (Å²) in [5.74, 6) is 1.20. The first kappa shape index (κ1) is 7.31. The molecule has 0 aromatic heterocycles. The minimum Gasteiger partial charge on any atom is -0.380 e. The van der Waals surface area contributed by atoms with E-state index in [1.165, 1.54) is 5.75 Å². The highest BCUT2D eigenvalue weighted by Crippen LogP contribution is 1.81. The molecule has 44 valence electrons. The average molecular weight is 121 g/mol. The molecule has 0 amide bonds. The Labute approximate surface area is 48.4 Å². The Kier molecular flexibility index (Phi) is 4.67. The Morgan fingerprint density at radius 1 is 1.43 bits per heavy atom. The third-order valence-corrected chi connectivity index (χ3v) is 1.68. The maximum atomic E-state index is 4.86. The summed E-state index contributed by atoms with van der Waals surface area (Å²) in [4.78, 5) is 0. The molecule has 0 saturated heterocycles. The van der Waals surface area contributed by atoms with Gasteiger partial charge in [0, 0.05) is 7.11 Å². The Hall–Kier alpha value is 0.310. The van der Waals surface area contributed by atoms with Crippen LogP contribution in [0, 0.1) is 0 Å². The standard InChI is InChI=1S/C5H13OS/c1-6-4-5-7(2)3/h4-5H2,1-3H3/q+1. The summed E-state index contributed by atoms with van der Waals surface area (Å²) in [6.07, 6.45) is 4.44. The Balaban J connectivity index is 2.68. The van der Waals surface area contributed by atoms with Gasteiger partial charge in [0.25, 0.3) is 0 Å². The molecule has 0 N–H and O–H groups in total. The first-order chi connectivity index (χ1) is 3.27. The molecule has 0 aliphatic heterocycles.